The molecule has 2 aromatic rings. The minimum absolute atomic E-state index is 0.0145. The van der Waals surface area contributed by atoms with Crippen LogP contribution < -0.4 is 10.6 Å². The number of alkyl carbamates (subject to hydrolysis) is 1. The molecule has 2 aliphatic rings. The monoisotopic (exact) mass is 502 g/mol. The Hall–Kier alpha value is -2.92. The normalized spacial score (nSPS) is 24.2. The zero-order valence-electron chi connectivity index (χ0n) is 21.9. The summed E-state index contributed by atoms with van der Waals surface area (Å²) in [7, 11) is 3.32. The number of aryl methyl sites for hydroxylation is 1. The molecule has 2 aromatic heterocycles. The standard InChI is InChI=1S/C25H38N6O5/c1-16(2)26-24(33)36-25(3)10-9-17(14-25)19-13-21(31(29-19)22-8-6-7-11-35-22)27-23(32)20-12-18(15-34-5)28-30(20)4/h12-13,16-17,22H,6-11,14-15H2,1-5H3,(H,26,33)(H,27,32)/t17-,22?,25+/m0/s1. The van der Waals surface area contributed by atoms with Crippen molar-refractivity contribution in [3.05, 3.63) is 29.2 Å². The van der Waals surface area contributed by atoms with Gasteiger partial charge in [0, 0.05) is 38.8 Å². The molecule has 4 rings (SSSR count). The third kappa shape index (κ3) is 6.07. The number of hydrogen-bond acceptors (Lipinski definition) is 7. The molecule has 1 aliphatic heterocycles. The molecule has 2 N–H and O–H groups in total. The molecule has 0 aromatic carbocycles. The Bertz CT molecular complexity index is 1070. The van der Waals surface area contributed by atoms with Crippen LogP contribution in [0.3, 0.4) is 0 Å². The van der Waals surface area contributed by atoms with Crippen LogP contribution in [0.4, 0.5) is 10.6 Å². The van der Waals surface area contributed by atoms with Gasteiger partial charge in [-0.2, -0.15) is 10.2 Å². The molecule has 1 saturated carbocycles. The summed E-state index contributed by atoms with van der Waals surface area (Å²) < 4.78 is 20.2. The number of carbonyl (C=O) groups is 2. The predicted molar refractivity (Wildman–Crippen MR) is 133 cm³/mol. The van der Waals surface area contributed by atoms with Crippen LogP contribution in [-0.4, -0.2) is 56.9 Å². The van der Waals surface area contributed by atoms with Gasteiger partial charge in [0.15, 0.2) is 6.23 Å². The highest BCUT2D eigenvalue weighted by atomic mass is 16.6. The number of nitrogens with one attached hydrogen (secondary N) is 2. The lowest BCUT2D eigenvalue weighted by molar-refractivity contribution is -0.0383. The molecule has 0 bridgehead atoms. The minimum Gasteiger partial charge on any atom is -0.443 e. The SMILES string of the molecule is COCc1cc(C(=O)Nc2cc([C@H]3CC[C@@](C)(OC(=O)NC(C)C)C3)nn2C2CCCCO2)n(C)n1. The Balaban J connectivity index is 1.53. The van der Waals surface area contributed by atoms with Crippen LogP contribution in [0, 0.1) is 0 Å². The van der Waals surface area contributed by atoms with Gasteiger partial charge in [-0.15, -0.1) is 0 Å². The van der Waals surface area contributed by atoms with Crippen molar-refractivity contribution >= 4 is 17.8 Å². The van der Waals surface area contributed by atoms with Gasteiger partial charge in [-0.05, 0) is 65.4 Å². The second kappa shape index (κ2) is 11.0. The minimum atomic E-state index is -0.565. The van der Waals surface area contributed by atoms with Crippen LogP contribution in [-0.2, 0) is 27.9 Å². The first-order valence-corrected chi connectivity index (χ1v) is 12.7. The van der Waals surface area contributed by atoms with E-state index in [4.69, 9.17) is 19.3 Å². The van der Waals surface area contributed by atoms with Crippen LogP contribution >= 0.6 is 0 Å². The topological polar surface area (TPSA) is 122 Å². The van der Waals surface area contributed by atoms with Crippen molar-refractivity contribution in [2.24, 2.45) is 7.05 Å². The first-order chi connectivity index (χ1) is 17.2. The molecule has 2 fully saturated rings. The first-order valence-electron chi connectivity index (χ1n) is 12.7. The van der Waals surface area contributed by atoms with E-state index in [1.807, 2.05) is 26.8 Å². The van der Waals surface area contributed by atoms with E-state index < -0.39 is 11.7 Å². The number of ether oxygens (including phenoxy) is 3. The molecule has 198 valence electrons. The Kier molecular flexibility index (Phi) is 7.99. The number of rotatable bonds is 8. The molecule has 3 heterocycles. The quantitative estimate of drug-likeness (QED) is 0.562. The average Bonchev–Trinajstić information content (AvgIpc) is 3.51. The van der Waals surface area contributed by atoms with Gasteiger partial charge >= 0.3 is 6.09 Å². The summed E-state index contributed by atoms with van der Waals surface area (Å²) in [6.45, 7) is 6.77. The van der Waals surface area contributed by atoms with Gasteiger partial charge in [0.1, 0.15) is 17.1 Å². The average molecular weight is 503 g/mol. The molecule has 1 aliphatic carbocycles. The highest BCUT2D eigenvalue weighted by Gasteiger charge is 2.40. The smallest absolute Gasteiger partial charge is 0.407 e. The van der Waals surface area contributed by atoms with Crippen LogP contribution in [0.15, 0.2) is 12.1 Å². The number of aromatic nitrogens is 4. The molecule has 11 heteroatoms. The summed E-state index contributed by atoms with van der Waals surface area (Å²) in [5.74, 6) is 0.414. The first kappa shape index (κ1) is 26.2. The molecule has 2 amide bonds. The molecule has 3 atom stereocenters. The molecular weight excluding hydrogens is 464 g/mol. The molecule has 0 radical (unpaired) electrons. The maximum atomic E-state index is 13.2. The number of amides is 2. The van der Waals surface area contributed by atoms with Crippen molar-refractivity contribution in [1.82, 2.24) is 24.9 Å². The van der Waals surface area contributed by atoms with Crippen molar-refractivity contribution < 1.29 is 23.8 Å². The molecule has 0 spiro atoms. The van der Waals surface area contributed by atoms with Crippen LogP contribution in [0.2, 0.25) is 0 Å². The van der Waals surface area contributed by atoms with Gasteiger partial charge in [0.05, 0.1) is 18.0 Å². The van der Waals surface area contributed by atoms with Crippen LogP contribution in [0.25, 0.3) is 0 Å². The maximum absolute atomic E-state index is 13.2. The highest BCUT2D eigenvalue weighted by Crippen LogP contribution is 2.43. The Labute approximate surface area is 211 Å². The van der Waals surface area contributed by atoms with E-state index >= 15 is 0 Å². The molecule has 1 unspecified atom stereocenters. The maximum Gasteiger partial charge on any atom is 0.407 e. The van der Waals surface area contributed by atoms with Gasteiger partial charge in [-0.25, -0.2) is 9.48 Å². The fourth-order valence-electron chi connectivity index (χ4n) is 5.02. The largest absolute Gasteiger partial charge is 0.443 e. The van der Waals surface area contributed by atoms with Crippen LogP contribution in [0.5, 0.6) is 0 Å². The third-order valence-electron chi connectivity index (χ3n) is 6.74. The van der Waals surface area contributed by atoms with Gasteiger partial charge in [-0.3, -0.25) is 9.48 Å². The van der Waals surface area contributed by atoms with Crippen molar-refractivity contribution in [2.75, 3.05) is 19.0 Å². The Morgan fingerprint density at radius 1 is 1.25 bits per heavy atom. The summed E-state index contributed by atoms with van der Waals surface area (Å²) in [5, 5.41) is 15.0. The second-order valence-corrected chi connectivity index (χ2v) is 10.3. The molecular formula is C25H38N6O5. The van der Waals surface area contributed by atoms with Crippen LogP contribution in [0.1, 0.15) is 93.3 Å². The molecule has 36 heavy (non-hydrogen) atoms. The van der Waals surface area contributed by atoms with Gasteiger partial charge in [0.2, 0.25) is 0 Å². The summed E-state index contributed by atoms with van der Waals surface area (Å²) in [5.41, 5.74) is 1.41. The fourth-order valence-corrected chi connectivity index (χ4v) is 5.02. The van der Waals surface area contributed by atoms with Crippen molar-refractivity contribution in [3.63, 3.8) is 0 Å². The lowest BCUT2D eigenvalue weighted by Crippen LogP contribution is -2.38. The summed E-state index contributed by atoms with van der Waals surface area (Å²) in [6.07, 6.45) is 4.49. The third-order valence-corrected chi connectivity index (χ3v) is 6.74. The number of carbonyl (C=O) groups excluding carboxylic acids is 2. The van der Waals surface area contributed by atoms with E-state index in [0.717, 1.165) is 37.8 Å². The number of hydrogen-bond donors (Lipinski definition) is 2. The van der Waals surface area contributed by atoms with Gasteiger partial charge < -0.3 is 24.8 Å². The number of nitrogens with zero attached hydrogens (tertiary/aromatic N) is 4. The summed E-state index contributed by atoms with van der Waals surface area (Å²) >= 11 is 0. The summed E-state index contributed by atoms with van der Waals surface area (Å²) in [6, 6.07) is 3.66. The van der Waals surface area contributed by atoms with E-state index in [1.165, 1.54) is 0 Å². The van der Waals surface area contributed by atoms with Crippen molar-refractivity contribution in [3.8, 4) is 0 Å². The second-order valence-electron chi connectivity index (χ2n) is 10.3. The van der Waals surface area contributed by atoms with E-state index in [2.05, 4.69) is 15.7 Å². The lowest BCUT2D eigenvalue weighted by atomic mass is 10.00. The highest BCUT2D eigenvalue weighted by molar-refractivity contribution is 6.02. The van der Waals surface area contributed by atoms with E-state index in [1.54, 1.807) is 29.6 Å². The van der Waals surface area contributed by atoms with E-state index in [0.29, 0.717) is 36.8 Å². The molecule has 11 nitrogen and oxygen atoms in total. The predicted octanol–water partition coefficient (Wildman–Crippen LogP) is 3.88. The van der Waals surface area contributed by atoms with Gasteiger partial charge in [-0.1, -0.05) is 0 Å². The lowest BCUT2D eigenvalue weighted by Gasteiger charge is -2.25. The van der Waals surface area contributed by atoms with Gasteiger partial charge in [0.25, 0.3) is 5.91 Å². The Morgan fingerprint density at radius 3 is 2.75 bits per heavy atom. The number of anilines is 1. The van der Waals surface area contributed by atoms with E-state index in [-0.39, 0.29) is 24.1 Å². The molecule has 1 saturated heterocycles. The van der Waals surface area contributed by atoms with Crippen molar-refractivity contribution in [2.45, 2.75) is 89.7 Å². The van der Waals surface area contributed by atoms with Crippen molar-refractivity contribution in [1.29, 1.82) is 0 Å². The van der Waals surface area contributed by atoms with E-state index in [9.17, 15) is 9.59 Å². The zero-order valence-corrected chi connectivity index (χ0v) is 21.9. The zero-order chi connectivity index (χ0) is 25.9. The fraction of sp³-hybridized carbons (Fsp3) is 0.680. The number of methoxy groups -OCH3 is 1. The summed E-state index contributed by atoms with van der Waals surface area (Å²) in [4.78, 5) is 25.4. The Morgan fingerprint density at radius 2 is 2.06 bits per heavy atom.